The van der Waals surface area contributed by atoms with Crippen molar-refractivity contribution in [2.45, 2.75) is 43.8 Å². The Balaban J connectivity index is 1.65. The maximum atomic E-state index is 12.6. The van der Waals surface area contributed by atoms with Crippen LogP contribution < -0.4 is 10.0 Å². The molecule has 0 aliphatic carbocycles. The third-order valence-electron chi connectivity index (χ3n) is 4.61. The van der Waals surface area contributed by atoms with Crippen molar-refractivity contribution < 1.29 is 13.2 Å². The second-order valence-electron chi connectivity index (χ2n) is 6.30. The lowest BCUT2D eigenvalue weighted by Crippen LogP contribution is -2.15. The molecule has 0 saturated carbocycles. The first-order valence-electron chi connectivity index (χ1n) is 7.96. The quantitative estimate of drug-likeness (QED) is 0.887. The van der Waals surface area contributed by atoms with Gasteiger partial charge in [-0.25, -0.2) is 4.98 Å². The molecule has 0 fully saturated rings. The van der Waals surface area contributed by atoms with E-state index in [1.807, 2.05) is 4.57 Å². The molecule has 7 nitrogen and oxygen atoms in total. The summed E-state index contributed by atoms with van der Waals surface area (Å²) in [6.07, 6.45) is 4.43. The molecule has 126 valence electrons. The summed E-state index contributed by atoms with van der Waals surface area (Å²) in [5, 5.41) is 2.74. The number of carbonyl (C=O) groups is 1. The Kier molecular flexibility index (Phi) is 3.38. The summed E-state index contributed by atoms with van der Waals surface area (Å²) in [6, 6.07) is 5.24. The Labute approximate surface area is 140 Å². The summed E-state index contributed by atoms with van der Waals surface area (Å²) in [6.45, 7) is 2.54. The number of amides is 1. The largest absolute Gasteiger partial charge is 0.348 e. The van der Waals surface area contributed by atoms with Crippen LogP contribution in [0.25, 0.3) is 0 Å². The van der Waals surface area contributed by atoms with Crippen LogP contribution in [0.5, 0.6) is 0 Å². The van der Waals surface area contributed by atoms with Crippen LogP contribution >= 0.6 is 0 Å². The Morgan fingerprint density at radius 2 is 2.21 bits per heavy atom. The van der Waals surface area contributed by atoms with E-state index in [2.05, 4.69) is 21.9 Å². The van der Waals surface area contributed by atoms with Crippen molar-refractivity contribution in [1.29, 1.82) is 0 Å². The molecule has 1 amide bonds. The van der Waals surface area contributed by atoms with Gasteiger partial charge in [0.1, 0.15) is 5.82 Å². The molecule has 1 atom stereocenters. The molecule has 2 N–H and O–H groups in total. The summed E-state index contributed by atoms with van der Waals surface area (Å²) in [5.74, 6) is 0.625. The highest BCUT2D eigenvalue weighted by atomic mass is 32.2. The Morgan fingerprint density at radius 1 is 1.38 bits per heavy atom. The van der Waals surface area contributed by atoms with Gasteiger partial charge in [-0.3, -0.25) is 9.52 Å². The first kappa shape index (κ1) is 15.2. The fourth-order valence-corrected chi connectivity index (χ4v) is 4.30. The van der Waals surface area contributed by atoms with Crippen molar-refractivity contribution in [2.75, 3.05) is 4.72 Å². The molecule has 1 aromatic carbocycles. The molecule has 2 aromatic rings. The molecule has 0 spiro atoms. The van der Waals surface area contributed by atoms with E-state index in [9.17, 15) is 13.2 Å². The number of aromatic nitrogens is 2. The number of anilines is 1. The second-order valence-corrected chi connectivity index (χ2v) is 7.93. The van der Waals surface area contributed by atoms with Crippen LogP contribution in [-0.4, -0.2) is 23.9 Å². The van der Waals surface area contributed by atoms with Gasteiger partial charge in [-0.15, -0.1) is 0 Å². The van der Waals surface area contributed by atoms with Gasteiger partial charge in [0.25, 0.3) is 15.9 Å². The van der Waals surface area contributed by atoms with E-state index in [4.69, 9.17) is 0 Å². The predicted molar refractivity (Wildman–Crippen MR) is 88.3 cm³/mol. The highest BCUT2D eigenvalue weighted by Gasteiger charge is 2.25. The van der Waals surface area contributed by atoms with Crippen LogP contribution in [-0.2, 0) is 23.0 Å². The minimum atomic E-state index is -3.78. The standard InChI is InChI=1S/C16H18N4O3S/c1-10-3-2-4-14-18-15(9-20(10)14)24(22,23)19-12-6-5-11-8-17-16(21)13(11)7-12/h5-7,9-10,19H,2-4,8H2,1H3,(H,17,21). The van der Waals surface area contributed by atoms with Crippen molar-refractivity contribution in [1.82, 2.24) is 14.9 Å². The normalized spacial score (nSPS) is 19.5. The first-order valence-corrected chi connectivity index (χ1v) is 9.44. The van der Waals surface area contributed by atoms with Crippen molar-refractivity contribution in [3.05, 3.63) is 41.3 Å². The number of hydrogen-bond donors (Lipinski definition) is 2. The number of sulfonamides is 1. The van der Waals surface area contributed by atoms with Crippen LogP contribution in [0.4, 0.5) is 5.69 Å². The summed E-state index contributed by atoms with van der Waals surface area (Å²) in [7, 11) is -3.78. The number of fused-ring (bicyclic) bond motifs is 2. The Hall–Kier alpha value is -2.35. The number of imidazole rings is 1. The third kappa shape index (κ3) is 2.47. The smallest absolute Gasteiger partial charge is 0.280 e. The van der Waals surface area contributed by atoms with Gasteiger partial charge in [0.2, 0.25) is 0 Å². The van der Waals surface area contributed by atoms with Crippen LogP contribution in [0.15, 0.2) is 29.4 Å². The molecule has 0 bridgehead atoms. The van der Waals surface area contributed by atoms with Gasteiger partial charge < -0.3 is 9.88 Å². The number of benzene rings is 1. The number of aryl methyl sites for hydroxylation is 1. The molecule has 4 rings (SSSR count). The zero-order chi connectivity index (χ0) is 16.9. The minimum absolute atomic E-state index is 0.0243. The predicted octanol–water partition coefficient (Wildman–Crippen LogP) is 1.82. The van der Waals surface area contributed by atoms with E-state index in [-0.39, 0.29) is 17.0 Å². The number of rotatable bonds is 3. The molecule has 2 aliphatic heterocycles. The Bertz CT molecular complexity index is 933. The SMILES string of the molecule is CC1CCCc2nc(S(=O)(=O)Nc3ccc4c(c3)C(=O)NC4)cn21. The molecule has 3 heterocycles. The summed E-state index contributed by atoms with van der Waals surface area (Å²) in [5.41, 5.74) is 1.74. The molecule has 8 heteroatoms. The van der Waals surface area contributed by atoms with Crippen LogP contribution in [0.2, 0.25) is 0 Å². The van der Waals surface area contributed by atoms with Crippen LogP contribution in [0, 0.1) is 0 Å². The van der Waals surface area contributed by atoms with Gasteiger partial charge >= 0.3 is 0 Å². The zero-order valence-corrected chi connectivity index (χ0v) is 14.1. The van der Waals surface area contributed by atoms with Gasteiger partial charge in [0, 0.05) is 36.5 Å². The zero-order valence-electron chi connectivity index (χ0n) is 13.2. The number of nitrogens with zero attached hydrogens (tertiary/aromatic N) is 2. The maximum Gasteiger partial charge on any atom is 0.280 e. The first-order chi connectivity index (χ1) is 11.4. The molecule has 1 aromatic heterocycles. The summed E-state index contributed by atoms with van der Waals surface area (Å²) in [4.78, 5) is 16.0. The lowest BCUT2D eigenvalue weighted by molar-refractivity contribution is 0.0966. The maximum absolute atomic E-state index is 12.6. The van der Waals surface area contributed by atoms with Gasteiger partial charge in [-0.2, -0.15) is 8.42 Å². The molecule has 2 aliphatic rings. The van der Waals surface area contributed by atoms with E-state index in [0.717, 1.165) is 30.7 Å². The topological polar surface area (TPSA) is 93.1 Å². The molecule has 1 unspecified atom stereocenters. The summed E-state index contributed by atoms with van der Waals surface area (Å²) < 4.78 is 29.7. The van der Waals surface area contributed by atoms with Crippen molar-refractivity contribution in [2.24, 2.45) is 0 Å². The number of carbonyl (C=O) groups excluding carboxylic acids is 1. The highest BCUT2D eigenvalue weighted by Crippen LogP contribution is 2.27. The molecule has 24 heavy (non-hydrogen) atoms. The molecular formula is C16H18N4O3S. The second kappa shape index (κ2) is 5.34. The fraction of sp³-hybridized carbons (Fsp3) is 0.375. The van der Waals surface area contributed by atoms with Crippen molar-refractivity contribution in [3.8, 4) is 0 Å². The van der Waals surface area contributed by atoms with Crippen molar-refractivity contribution in [3.63, 3.8) is 0 Å². The van der Waals surface area contributed by atoms with E-state index in [0.29, 0.717) is 17.8 Å². The Morgan fingerprint density at radius 3 is 3.00 bits per heavy atom. The minimum Gasteiger partial charge on any atom is -0.348 e. The summed E-state index contributed by atoms with van der Waals surface area (Å²) >= 11 is 0. The number of nitrogens with one attached hydrogen (secondary N) is 2. The van der Waals surface area contributed by atoms with E-state index >= 15 is 0 Å². The van der Waals surface area contributed by atoms with Gasteiger partial charge in [-0.05, 0) is 37.5 Å². The molecular weight excluding hydrogens is 328 g/mol. The van der Waals surface area contributed by atoms with E-state index < -0.39 is 10.0 Å². The van der Waals surface area contributed by atoms with Gasteiger partial charge in [-0.1, -0.05) is 6.07 Å². The van der Waals surface area contributed by atoms with E-state index in [1.54, 1.807) is 24.4 Å². The average Bonchev–Trinajstić information content (AvgIpc) is 3.13. The van der Waals surface area contributed by atoms with E-state index in [1.165, 1.54) is 0 Å². The average molecular weight is 346 g/mol. The van der Waals surface area contributed by atoms with Crippen LogP contribution in [0.3, 0.4) is 0 Å². The fourth-order valence-electron chi connectivity index (χ4n) is 3.28. The number of hydrogen-bond acceptors (Lipinski definition) is 4. The highest BCUT2D eigenvalue weighted by molar-refractivity contribution is 7.92. The molecule has 0 saturated heterocycles. The third-order valence-corrected chi connectivity index (χ3v) is 5.86. The molecule has 0 radical (unpaired) electrons. The van der Waals surface area contributed by atoms with Gasteiger partial charge in [0.05, 0.1) is 0 Å². The monoisotopic (exact) mass is 346 g/mol. The van der Waals surface area contributed by atoms with Crippen LogP contribution in [0.1, 0.15) is 47.6 Å². The lowest BCUT2D eigenvalue weighted by atomic mass is 10.1. The lowest BCUT2D eigenvalue weighted by Gasteiger charge is -2.20. The van der Waals surface area contributed by atoms with Crippen molar-refractivity contribution >= 4 is 21.6 Å². The van der Waals surface area contributed by atoms with Gasteiger partial charge in [0.15, 0.2) is 5.03 Å².